The Balaban J connectivity index is 1.75. The molecule has 1 fully saturated rings. The summed E-state index contributed by atoms with van der Waals surface area (Å²) in [6.07, 6.45) is 6.17. The van der Waals surface area contributed by atoms with E-state index in [4.69, 9.17) is 14.2 Å². The van der Waals surface area contributed by atoms with E-state index in [0.29, 0.717) is 25.9 Å². The molecule has 2 N–H and O–H groups in total. The van der Waals surface area contributed by atoms with Crippen LogP contribution < -0.4 is 0 Å². The van der Waals surface area contributed by atoms with Crippen LogP contribution in [0.3, 0.4) is 0 Å². The van der Waals surface area contributed by atoms with E-state index in [1.54, 1.807) is 13.8 Å². The van der Waals surface area contributed by atoms with Gasteiger partial charge in [-0.25, -0.2) is 4.79 Å². The zero-order chi connectivity index (χ0) is 22.8. The molecule has 31 heavy (non-hydrogen) atoms. The van der Waals surface area contributed by atoms with Gasteiger partial charge < -0.3 is 24.4 Å². The number of aliphatic hydroxyl groups is 2. The van der Waals surface area contributed by atoms with Crippen LogP contribution in [0.1, 0.15) is 59.8 Å². The minimum absolute atomic E-state index is 0.0472. The molecular formula is C24H36O7. The normalized spacial score (nSPS) is 35.7. The summed E-state index contributed by atoms with van der Waals surface area (Å²) in [6.45, 7) is 7.75. The van der Waals surface area contributed by atoms with E-state index in [9.17, 15) is 19.8 Å². The summed E-state index contributed by atoms with van der Waals surface area (Å²) < 4.78 is 16.9. The number of fused-ring (bicyclic) bond motifs is 1. The molecule has 0 aromatic heterocycles. The van der Waals surface area contributed by atoms with E-state index in [0.717, 1.165) is 12.0 Å². The van der Waals surface area contributed by atoms with Gasteiger partial charge in [-0.3, -0.25) is 4.79 Å². The Morgan fingerprint density at radius 3 is 2.68 bits per heavy atom. The van der Waals surface area contributed by atoms with Crippen LogP contribution in [-0.4, -0.2) is 58.8 Å². The van der Waals surface area contributed by atoms with Crippen molar-refractivity contribution in [1.82, 2.24) is 0 Å². The van der Waals surface area contributed by atoms with Crippen LogP contribution in [0, 0.1) is 17.8 Å². The molecule has 7 nitrogen and oxygen atoms in total. The van der Waals surface area contributed by atoms with Gasteiger partial charge in [-0.05, 0) is 51.0 Å². The first-order valence-electron chi connectivity index (χ1n) is 11.4. The standard InChI is InChI=1S/C24H36O7/c1-5-29-24(3,4)23(28)31-20-12-16(25)10-15-7-6-14(2)19(22(15)20)9-8-18-11-17(26)13-21(27)30-18/h6-7,10,14,16-20,22,25-26H,5,8-9,11-13H2,1-4H3/t14?,16?,17-,18-,19?,20?,22?/m1/s1. The number of hydrogen-bond acceptors (Lipinski definition) is 7. The SMILES string of the molecule is CCOC(C)(C)C(=O)OC1CC(O)C=C2C=CC(C)C(CC[C@@H]3C[C@@H](O)CC(=O)O3)C21. The van der Waals surface area contributed by atoms with Crippen molar-refractivity contribution in [3.8, 4) is 0 Å². The fraction of sp³-hybridized carbons (Fsp3) is 0.750. The molecule has 2 aliphatic carbocycles. The summed E-state index contributed by atoms with van der Waals surface area (Å²) in [6, 6.07) is 0. The average molecular weight is 437 g/mol. The number of esters is 2. The number of rotatable bonds is 7. The number of hydrogen-bond donors (Lipinski definition) is 2. The van der Waals surface area contributed by atoms with Crippen LogP contribution in [0.2, 0.25) is 0 Å². The van der Waals surface area contributed by atoms with Gasteiger partial charge >= 0.3 is 11.9 Å². The third-order valence-corrected chi connectivity index (χ3v) is 6.69. The highest BCUT2D eigenvalue weighted by molar-refractivity contribution is 5.78. The van der Waals surface area contributed by atoms with Crippen LogP contribution >= 0.6 is 0 Å². The Kier molecular flexibility index (Phi) is 7.60. The Labute approximate surface area is 184 Å². The van der Waals surface area contributed by atoms with E-state index in [1.807, 2.05) is 19.1 Å². The van der Waals surface area contributed by atoms with Crippen molar-refractivity contribution in [1.29, 1.82) is 0 Å². The summed E-state index contributed by atoms with van der Waals surface area (Å²) in [5.41, 5.74) is -0.0754. The van der Waals surface area contributed by atoms with Crippen LogP contribution in [-0.2, 0) is 23.8 Å². The Hall–Kier alpha value is -1.70. The van der Waals surface area contributed by atoms with Crippen molar-refractivity contribution in [2.75, 3.05) is 6.61 Å². The lowest BCUT2D eigenvalue weighted by atomic mass is 9.66. The van der Waals surface area contributed by atoms with Crippen LogP contribution in [0.5, 0.6) is 0 Å². The lowest BCUT2D eigenvalue weighted by molar-refractivity contribution is -0.178. The molecule has 174 valence electrons. The molecule has 0 radical (unpaired) electrons. The second kappa shape index (κ2) is 9.84. The predicted octanol–water partition coefficient (Wildman–Crippen LogP) is 2.69. The first kappa shape index (κ1) is 24.0. The maximum Gasteiger partial charge on any atom is 0.338 e. The van der Waals surface area contributed by atoms with E-state index in [-0.39, 0.29) is 36.2 Å². The van der Waals surface area contributed by atoms with E-state index in [2.05, 4.69) is 13.0 Å². The minimum atomic E-state index is -1.06. The Morgan fingerprint density at radius 2 is 2.00 bits per heavy atom. The first-order chi connectivity index (χ1) is 14.6. The molecule has 7 heteroatoms. The van der Waals surface area contributed by atoms with Crippen molar-refractivity contribution >= 4 is 11.9 Å². The number of aliphatic hydroxyl groups excluding tert-OH is 2. The molecule has 7 atom stereocenters. The topological polar surface area (TPSA) is 102 Å². The summed E-state index contributed by atoms with van der Waals surface area (Å²) in [7, 11) is 0. The summed E-state index contributed by atoms with van der Waals surface area (Å²) >= 11 is 0. The molecule has 5 unspecified atom stereocenters. The third-order valence-electron chi connectivity index (χ3n) is 6.69. The van der Waals surface area contributed by atoms with Gasteiger partial charge in [0.2, 0.25) is 0 Å². The molecule has 1 aliphatic heterocycles. The quantitative estimate of drug-likeness (QED) is 0.592. The molecule has 1 saturated heterocycles. The fourth-order valence-electron chi connectivity index (χ4n) is 5.10. The van der Waals surface area contributed by atoms with E-state index >= 15 is 0 Å². The second-order valence-corrected chi connectivity index (χ2v) is 9.55. The molecule has 1 heterocycles. The zero-order valence-electron chi connectivity index (χ0n) is 19.0. The van der Waals surface area contributed by atoms with Crippen LogP contribution in [0.25, 0.3) is 0 Å². The van der Waals surface area contributed by atoms with E-state index < -0.39 is 29.9 Å². The number of allylic oxidation sites excluding steroid dienone is 2. The fourth-order valence-corrected chi connectivity index (χ4v) is 5.10. The van der Waals surface area contributed by atoms with Crippen molar-refractivity contribution in [3.63, 3.8) is 0 Å². The number of cyclic esters (lactones) is 1. The first-order valence-corrected chi connectivity index (χ1v) is 11.4. The summed E-state index contributed by atoms with van der Waals surface area (Å²) in [4.78, 5) is 24.5. The van der Waals surface area contributed by atoms with Crippen LogP contribution in [0.4, 0.5) is 0 Å². The largest absolute Gasteiger partial charge is 0.462 e. The van der Waals surface area contributed by atoms with Crippen molar-refractivity contribution in [2.24, 2.45) is 17.8 Å². The molecule has 0 aromatic carbocycles. The van der Waals surface area contributed by atoms with Gasteiger partial charge in [0.15, 0.2) is 5.60 Å². The van der Waals surface area contributed by atoms with Crippen molar-refractivity contribution in [3.05, 3.63) is 23.8 Å². The minimum Gasteiger partial charge on any atom is -0.462 e. The molecule has 0 saturated carbocycles. The number of ether oxygens (including phenoxy) is 3. The number of carbonyl (C=O) groups is 2. The van der Waals surface area contributed by atoms with Gasteiger partial charge in [-0.2, -0.15) is 0 Å². The molecule has 0 bridgehead atoms. The van der Waals surface area contributed by atoms with Crippen molar-refractivity contribution < 1.29 is 34.0 Å². The van der Waals surface area contributed by atoms with Crippen LogP contribution in [0.15, 0.2) is 23.8 Å². The maximum atomic E-state index is 12.8. The van der Waals surface area contributed by atoms with Gasteiger partial charge in [0.1, 0.15) is 12.2 Å². The maximum absolute atomic E-state index is 12.8. The third kappa shape index (κ3) is 5.76. The van der Waals surface area contributed by atoms with Gasteiger partial charge in [0, 0.05) is 25.4 Å². The molecule has 3 aliphatic rings. The molecule has 0 amide bonds. The smallest absolute Gasteiger partial charge is 0.338 e. The van der Waals surface area contributed by atoms with Gasteiger partial charge in [0.25, 0.3) is 0 Å². The zero-order valence-corrected chi connectivity index (χ0v) is 19.0. The highest BCUT2D eigenvalue weighted by atomic mass is 16.6. The number of carbonyl (C=O) groups excluding carboxylic acids is 2. The Morgan fingerprint density at radius 1 is 1.26 bits per heavy atom. The monoisotopic (exact) mass is 436 g/mol. The highest BCUT2D eigenvalue weighted by Crippen LogP contribution is 2.44. The Bertz CT molecular complexity index is 725. The second-order valence-electron chi connectivity index (χ2n) is 9.55. The van der Waals surface area contributed by atoms with Crippen molar-refractivity contribution in [2.45, 2.75) is 89.8 Å². The lowest BCUT2D eigenvalue weighted by Gasteiger charge is -2.43. The van der Waals surface area contributed by atoms with Gasteiger partial charge in [-0.15, -0.1) is 0 Å². The molecular weight excluding hydrogens is 400 g/mol. The van der Waals surface area contributed by atoms with E-state index in [1.165, 1.54) is 0 Å². The highest BCUT2D eigenvalue weighted by Gasteiger charge is 2.44. The lowest BCUT2D eigenvalue weighted by Crippen LogP contribution is -2.46. The van der Waals surface area contributed by atoms with Gasteiger partial charge in [0.05, 0.1) is 18.6 Å². The summed E-state index contributed by atoms with van der Waals surface area (Å²) in [5.74, 6) is -0.434. The molecule has 0 aromatic rings. The predicted molar refractivity (Wildman–Crippen MR) is 114 cm³/mol. The average Bonchev–Trinajstić information content (AvgIpc) is 2.66. The van der Waals surface area contributed by atoms with Gasteiger partial charge in [-0.1, -0.05) is 25.2 Å². The molecule has 0 spiro atoms. The summed E-state index contributed by atoms with van der Waals surface area (Å²) in [5, 5.41) is 20.3. The molecule has 3 rings (SSSR count).